The Labute approximate surface area is 212 Å². The van der Waals surface area contributed by atoms with Gasteiger partial charge in [-0.3, -0.25) is 9.59 Å². The Morgan fingerprint density at radius 2 is 1.35 bits per heavy atom. The number of nitrogens with zero attached hydrogens (tertiary/aromatic N) is 2. The number of halogens is 2. The molecule has 0 spiro atoms. The lowest BCUT2D eigenvalue weighted by atomic mass is 10.1. The first-order valence-electron chi connectivity index (χ1n) is 12.0. The molecule has 1 aliphatic carbocycles. The van der Waals surface area contributed by atoms with Crippen molar-refractivity contribution in [3.8, 4) is 0 Å². The number of hydrogen-bond donors (Lipinski definition) is 4. The first-order chi connectivity index (χ1) is 17.7. The summed E-state index contributed by atoms with van der Waals surface area (Å²) in [5.41, 5.74) is 2.54. The van der Waals surface area contributed by atoms with E-state index in [9.17, 15) is 28.0 Å². The lowest BCUT2D eigenvalue weighted by molar-refractivity contribution is -0.122. The van der Waals surface area contributed by atoms with Gasteiger partial charge in [-0.15, -0.1) is 0 Å². The van der Waals surface area contributed by atoms with Crippen LogP contribution in [-0.2, 0) is 22.7 Å². The summed E-state index contributed by atoms with van der Waals surface area (Å²) in [6.07, 6.45) is 2.01. The minimum atomic E-state index is -0.358. The Balaban J connectivity index is 0.000000173. The van der Waals surface area contributed by atoms with Crippen LogP contribution < -0.4 is 21.3 Å². The summed E-state index contributed by atoms with van der Waals surface area (Å²) >= 11 is 0. The van der Waals surface area contributed by atoms with Gasteiger partial charge in [0.2, 0.25) is 11.8 Å². The van der Waals surface area contributed by atoms with Crippen molar-refractivity contribution in [3.63, 3.8) is 0 Å². The third kappa shape index (κ3) is 6.93. The fourth-order valence-electron chi connectivity index (χ4n) is 3.93. The van der Waals surface area contributed by atoms with Crippen molar-refractivity contribution in [2.75, 3.05) is 30.3 Å². The predicted molar refractivity (Wildman–Crippen MR) is 132 cm³/mol. The molecule has 1 fully saturated rings. The number of hydrogen-bond acceptors (Lipinski definition) is 4. The molecule has 196 valence electrons. The van der Waals surface area contributed by atoms with Crippen LogP contribution >= 0.6 is 0 Å². The Morgan fingerprint density at radius 1 is 0.865 bits per heavy atom. The number of rotatable bonds is 6. The monoisotopic (exact) mass is 514 g/mol. The zero-order valence-corrected chi connectivity index (χ0v) is 20.3. The molecule has 0 aromatic heterocycles. The van der Waals surface area contributed by atoms with E-state index in [0.717, 1.165) is 12.8 Å². The molecule has 0 radical (unpaired) electrons. The van der Waals surface area contributed by atoms with Crippen LogP contribution in [0.1, 0.15) is 30.9 Å². The summed E-state index contributed by atoms with van der Waals surface area (Å²) in [4.78, 5) is 49.4. The third-order valence-electron chi connectivity index (χ3n) is 5.90. The number of amides is 6. The standard InChI is InChI=1S/C13H14FN3O2.C12H14FN3O2/c14-9-1-4-11-8(5-9)6-17(13(19)16-11)7-12(18)15-10-2-3-10;1-2-14-11(17)7-16-6-8-5-9(13)3-4-10(8)15-12(16)18/h1,4-5,10H,2-3,6-7H2,(H,15,18)(H,16,19);3-5H,2,6-7H2,1H3,(H,14,17)(H,15,18). The van der Waals surface area contributed by atoms with Crippen molar-refractivity contribution in [1.82, 2.24) is 20.4 Å². The Hall–Kier alpha value is -4.22. The topological polar surface area (TPSA) is 123 Å². The van der Waals surface area contributed by atoms with Gasteiger partial charge in [-0.2, -0.15) is 0 Å². The van der Waals surface area contributed by atoms with Crippen LogP contribution in [0.25, 0.3) is 0 Å². The van der Waals surface area contributed by atoms with E-state index in [-0.39, 0.29) is 67.7 Å². The maximum absolute atomic E-state index is 13.2. The lowest BCUT2D eigenvalue weighted by Gasteiger charge is -2.28. The first kappa shape index (κ1) is 25.9. The quantitative estimate of drug-likeness (QED) is 0.473. The molecule has 2 aliphatic heterocycles. The summed E-state index contributed by atoms with van der Waals surface area (Å²) in [5.74, 6) is -1.11. The summed E-state index contributed by atoms with van der Waals surface area (Å²) in [6, 6.07) is 7.97. The van der Waals surface area contributed by atoms with Crippen molar-refractivity contribution in [1.29, 1.82) is 0 Å². The molecule has 3 aliphatic rings. The summed E-state index contributed by atoms with van der Waals surface area (Å²) in [5, 5.41) is 10.7. The van der Waals surface area contributed by atoms with Gasteiger partial charge in [0.15, 0.2) is 0 Å². The smallest absolute Gasteiger partial charge is 0.322 e. The van der Waals surface area contributed by atoms with Gasteiger partial charge in [0.25, 0.3) is 0 Å². The first-order valence-corrected chi connectivity index (χ1v) is 12.0. The maximum Gasteiger partial charge on any atom is 0.322 e. The number of carbonyl (C=O) groups excluding carboxylic acids is 4. The highest BCUT2D eigenvalue weighted by atomic mass is 19.1. The van der Waals surface area contributed by atoms with Gasteiger partial charge in [0.1, 0.15) is 24.7 Å². The van der Waals surface area contributed by atoms with E-state index in [1.54, 1.807) is 6.92 Å². The van der Waals surface area contributed by atoms with Gasteiger partial charge < -0.3 is 31.1 Å². The minimum absolute atomic E-state index is 0.00170. The average molecular weight is 515 g/mol. The summed E-state index contributed by atoms with van der Waals surface area (Å²) in [7, 11) is 0. The van der Waals surface area contributed by atoms with Gasteiger partial charge in [0, 0.05) is 24.0 Å². The van der Waals surface area contributed by atoms with Crippen LogP contribution in [0.3, 0.4) is 0 Å². The maximum atomic E-state index is 13.2. The summed E-state index contributed by atoms with van der Waals surface area (Å²) < 4.78 is 26.2. The molecule has 5 rings (SSSR count). The zero-order valence-electron chi connectivity index (χ0n) is 20.3. The molecule has 0 saturated heterocycles. The van der Waals surface area contributed by atoms with Crippen LogP contribution in [0.4, 0.5) is 29.7 Å². The molecule has 1 saturated carbocycles. The minimum Gasteiger partial charge on any atom is -0.355 e. The van der Waals surface area contributed by atoms with Gasteiger partial charge in [-0.25, -0.2) is 18.4 Å². The Kier molecular flexibility index (Phi) is 7.85. The number of nitrogens with one attached hydrogen (secondary N) is 4. The average Bonchev–Trinajstić information content (AvgIpc) is 3.65. The fourth-order valence-corrected chi connectivity index (χ4v) is 3.93. The van der Waals surface area contributed by atoms with E-state index in [1.807, 2.05) is 0 Å². The van der Waals surface area contributed by atoms with Gasteiger partial charge in [-0.05, 0) is 67.3 Å². The second-order valence-corrected chi connectivity index (χ2v) is 8.97. The zero-order chi connectivity index (χ0) is 26.5. The van der Waals surface area contributed by atoms with Crippen LogP contribution in [0, 0.1) is 11.6 Å². The van der Waals surface area contributed by atoms with Crippen LogP contribution in [-0.4, -0.2) is 59.4 Å². The molecule has 0 unspecified atom stereocenters. The number of fused-ring (bicyclic) bond motifs is 2. The van der Waals surface area contributed by atoms with Crippen molar-refractivity contribution in [2.24, 2.45) is 0 Å². The lowest BCUT2D eigenvalue weighted by Crippen LogP contribution is -2.45. The van der Waals surface area contributed by atoms with Crippen molar-refractivity contribution < 1.29 is 28.0 Å². The number of benzene rings is 2. The van der Waals surface area contributed by atoms with Crippen molar-refractivity contribution in [2.45, 2.75) is 38.9 Å². The number of likely N-dealkylation sites (N-methyl/N-ethyl adjacent to an activating group) is 1. The van der Waals surface area contributed by atoms with Gasteiger partial charge in [0.05, 0.1) is 13.1 Å². The molecular formula is C25H28F2N6O4. The van der Waals surface area contributed by atoms with Crippen LogP contribution in [0.2, 0.25) is 0 Å². The largest absolute Gasteiger partial charge is 0.355 e. The summed E-state index contributed by atoms with van der Waals surface area (Å²) in [6.45, 7) is 2.76. The van der Waals surface area contributed by atoms with Crippen LogP contribution in [0.5, 0.6) is 0 Å². The molecule has 0 atom stereocenters. The van der Waals surface area contributed by atoms with E-state index in [1.165, 1.54) is 46.2 Å². The molecule has 6 amide bonds. The van der Waals surface area contributed by atoms with E-state index >= 15 is 0 Å². The molecule has 2 aromatic carbocycles. The Bertz CT molecular complexity index is 1220. The number of anilines is 2. The van der Waals surface area contributed by atoms with Gasteiger partial charge >= 0.3 is 12.1 Å². The highest BCUT2D eigenvalue weighted by Gasteiger charge is 2.28. The van der Waals surface area contributed by atoms with Crippen molar-refractivity contribution >= 4 is 35.3 Å². The van der Waals surface area contributed by atoms with Crippen molar-refractivity contribution in [3.05, 3.63) is 59.2 Å². The second kappa shape index (κ2) is 11.2. The number of urea groups is 2. The molecule has 12 heteroatoms. The van der Waals surface area contributed by atoms with E-state index in [4.69, 9.17) is 0 Å². The molecular weight excluding hydrogens is 486 g/mol. The number of carbonyl (C=O) groups is 4. The fraction of sp³-hybridized carbons (Fsp3) is 0.360. The molecule has 2 aromatic rings. The Morgan fingerprint density at radius 3 is 1.81 bits per heavy atom. The van der Waals surface area contributed by atoms with E-state index < -0.39 is 0 Å². The van der Waals surface area contributed by atoms with Crippen LogP contribution in [0.15, 0.2) is 36.4 Å². The third-order valence-corrected chi connectivity index (χ3v) is 5.90. The molecule has 2 heterocycles. The second-order valence-electron chi connectivity index (χ2n) is 8.97. The van der Waals surface area contributed by atoms with E-state index in [0.29, 0.717) is 29.0 Å². The van der Waals surface area contributed by atoms with Gasteiger partial charge in [-0.1, -0.05) is 0 Å². The highest BCUT2D eigenvalue weighted by molar-refractivity contribution is 5.95. The van der Waals surface area contributed by atoms with E-state index in [2.05, 4.69) is 21.3 Å². The normalized spacial score (nSPS) is 15.9. The molecule has 4 N–H and O–H groups in total. The SMILES string of the molecule is CCNC(=O)CN1Cc2cc(F)ccc2NC1=O.O=C(CN1Cc2cc(F)ccc2NC1=O)NC1CC1. The molecule has 37 heavy (non-hydrogen) atoms. The molecule has 0 bridgehead atoms. The molecule has 10 nitrogen and oxygen atoms in total. The highest BCUT2D eigenvalue weighted by Crippen LogP contribution is 2.25. The predicted octanol–water partition coefficient (Wildman–Crippen LogP) is 2.76.